The van der Waals surface area contributed by atoms with Crippen LogP contribution in [0.3, 0.4) is 0 Å². The first-order chi connectivity index (χ1) is 15.4. The van der Waals surface area contributed by atoms with Gasteiger partial charge in [0, 0.05) is 24.9 Å². The molecule has 0 spiro atoms. The van der Waals surface area contributed by atoms with Gasteiger partial charge in [-0.1, -0.05) is 31.1 Å². The second kappa shape index (κ2) is 10.5. The Bertz CT molecular complexity index is 1030. The van der Waals surface area contributed by atoms with Crippen LogP contribution in [-0.4, -0.2) is 34.0 Å². The van der Waals surface area contributed by atoms with Gasteiger partial charge < -0.3 is 19.9 Å². The average molecular weight is 438 g/mol. The lowest BCUT2D eigenvalue weighted by atomic mass is 10.0. The second-order valence-electron chi connectivity index (χ2n) is 7.72. The van der Waals surface area contributed by atoms with Gasteiger partial charge in [-0.2, -0.15) is 4.98 Å². The average Bonchev–Trinajstić information content (AvgIpc) is 3.27. The molecule has 2 heterocycles. The van der Waals surface area contributed by atoms with Crippen LogP contribution in [0.2, 0.25) is 0 Å². The highest BCUT2D eigenvalue weighted by atomic mass is 16.5. The highest BCUT2D eigenvalue weighted by Gasteiger charge is 2.26. The number of hydrogen-bond donors (Lipinski definition) is 2. The molecule has 2 unspecified atom stereocenters. The number of carbonyl (C=O) groups is 2. The Balaban J connectivity index is 1.74. The van der Waals surface area contributed by atoms with Crippen LogP contribution in [0.4, 0.5) is 0 Å². The fourth-order valence-electron chi connectivity index (χ4n) is 3.24. The third-order valence-corrected chi connectivity index (χ3v) is 4.90. The number of methoxy groups -OCH3 is 1. The van der Waals surface area contributed by atoms with E-state index in [9.17, 15) is 9.59 Å². The van der Waals surface area contributed by atoms with Crippen molar-refractivity contribution in [3.8, 4) is 17.1 Å². The van der Waals surface area contributed by atoms with E-state index >= 15 is 0 Å². The van der Waals surface area contributed by atoms with E-state index in [1.807, 2.05) is 32.0 Å². The molecule has 0 saturated carbocycles. The number of nitrogens with zero attached hydrogens (tertiary/aromatic N) is 3. The molecule has 2 N–H and O–H groups in total. The maximum atomic E-state index is 12.9. The van der Waals surface area contributed by atoms with Gasteiger partial charge in [0.1, 0.15) is 11.8 Å². The first-order valence-corrected chi connectivity index (χ1v) is 10.3. The van der Waals surface area contributed by atoms with Crippen LogP contribution >= 0.6 is 0 Å². The van der Waals surface area contributed by atoms with Crippen molar-refractivity contribution < 1.29 is 18.8 Å². The molecule has 2 aromatic heterocycles. The molecule has 1 aromatic carbocycles. The first-order valence-electron chi connectivity index (χ1n) is 10.3. The molecule has 9 nitrogen and oxygen atoms in total. The summed E-state index contributed by atoms with van der Waals surface area (Å²) in [5, 5.41) is 9.82. The molecule has 3 aromatic rings. The number of pyridine rings is 1. The summed E-state index contributed by atoms with van der Waals surface area (Å²) in [6.45, 7) is 5.32. The fourth-order valence-corrected chi connectivity index (χ4v) is 3.24. The molecular formula is C23H27N5O4. The molecule has 0 fully saturated rings. The Morgan fingerprint density at radius 3 is 2.47 bits per heavy atom. The summed E-state index contributed by atoms with van der Waals surface area (Å²) in [5.41, 5.74) is 1.52. The SMILES string of the molecule is COc1ccc(C(CC(=O)NC(c2nc(-c3cccnc3)no2)C(C)C)NC(C)=O)cc1. The van der Waals surface area contributed by atoms with Crippen LogP contribution in [0.25, 0.3) is 11.4 Å². The van der Waals surface area contributed by atoms with Gasteiger partial charge in [-0.25, -0.2) is 0 Å². The van der Waals surface area contributed by atoms with Crippen molar-refractivity contribution in [2.24, 2.45) is 5.92 Å². The minimum atomic E-state index is -0.486. The molecular weight excluding hydrogens is 410 g/mol. The van der Waals surface area contributed by atoms with Crippen molar-refractivity contribution >= 4 is 11.8 Å². The largest absolute Gasteiger partial charge is 0.497 e. The normalized spacial score (nSPS) is 12.8. The summed E-state index contributed by atoms with van der Waals surface area (Å²) in [4.78, 5) is 33.1. The van der Waals surface area contributed by atoms with Gasteiger partial charge in [-0.05, 0) is 35.7 Å². The zero-order chi connectivity index (χ0) is 23.1. The van der Waals surface area contributed by atoms with Crippen molar-refractivity contribution in [1.82, 2.24) is 25.8 Å². The Morgan fingerprint density at radius 1 is 1.12 bits per heavy atom. The molecule has 168 valence electrons. The Kier molecular flexibility index (Phi) is 7.54. The van der Waals surface area contributed by atoms with Crippen molar-refractivity contribution in [2.75, 3.05) is 7.11 Å². The molecule has 2 amide bonds. The van der Waals surface area contributed by atoms with Gasteiger partial charge >= 0.3 is 0 Å². The smallest absolute Gasteiger partial charge is 0.249 e. The summed E-state index contributed by atoms with van der Waals surface area (Å²) >= 11 is 0. The summed E-state index contributed by atoms with van der Waals surface area (Å²) in [7, 11) is 1.58. The number of carbonyl (C=O) groups excluding carboxylic acids is 2. The predicted molar refractivity (Wildman–Crippen MR) is 117 cm³/mol. The molecule has 0 aliphatic rings. The number of benzene rings is 1. The molecule has 3 rings (SSSR count). The van der Waals surface area contributed by atoms with E-state index in [2.05, 4.69) is 25.8 Å². The van der Waals surface area contributed by atoms with E-state index < -0.39 is 12.1 Å². The lowest BCUT2D eigenvalue weighted by molar-refractivity contribution is -0.123. The maximum absolute atomic E-state index is 12.9. The molecule has 0 radical (unpaired) electrons. The zero-order valence-corrected chi connectivity index (χ0v) is 18.5. The molecule has 2 atom stereocenters. The number of ether oxygens (including phenoxy) is 1. The minimum absolute atomic E-state index is 0.00125. The van der Waals surface area contributed by atoms with Crippen molar-refractivity contribution in [2.45, 2.75) is 39.3 Å². The van der Waals surface area contributed by atoms with Gasteiger partial charge in [-0.3, -0.25) is 14.6 Å². The van der Waals surface area contributed by atoms with E-state index in [1.54, 1.807) is 37.7 Å². The van der Waals surface area contributed by atoms with Crippen molar-refractivity contribution in [1.29, 1.82) is 0 Å². The first kappa shape index (κ1) is 22.9. The van der Waals surface area contributed by atoms with E-state index in [0.717, 1.165) is 11.1 Å². The lowest BCUT2D eigenvalue weighted by Gasteiger charge is -2.22. The third-order valence-electron chi connectivity index (χ3n) is 4.90. The lowest BCUT2D eigenvalue weighted by Crippen LogP contribution is -2.36. The Morgan fingerprint density at radius 2 is 1.88 bits per heavy atom. The monoisotopic (exact) mass is 437 g/mol. The van der Waals surface area contributed by atoms with Crippen LogP contribution in [0, 0.1) is 5.92 Å². The van der Waals surface area contributed by atoms with E-state index in [1.165, 1.54) is 6.92 Å². The summed E-state index contributed by atoms with van der Waals surface area (Å²) in [5.74, 6) is 0.938. The number of nitrogens with one attached hydrogen (secondary N) is 2. The van der Waals surface area contributed by atoms with Crippen LogP contribution in [0.15, 0.2) is 53.3 Å². The van der Waals surface area contributed by atoms with E-state index in [0.29, 0.717) is 17.5 Å². The third kappa shape index (κ3) is 5.90. The van der Waals surface area contributed by atoms with Crippen molar-refractivity contribution in [3.05, 3.63) is 60.2 Å². The highest BCUT2D eigenvalue weighted by Crippen LogP contribution is 2.25. The number of aromatic nitrogens is 3. The molecule has 0 aliphatic carbocycles. The van der Waals surface area contributed by atoms with Gasteiger partial charge in [-0.15, -0.1) is 0 Å². The van der Waals surface area contributed by atoms with Gasteiger partial charge in [0.15, 0.2) is 0 Å². The predicted octanol–water partition coefficient (Wildman–Crippen LogP) is 3.22. The van der Waals surface area contributed by atoms with Crippen LogP contribution in [-0.2, 0) is 9.59 Å². The highest BCUT2D eigenvalue weighted by molar-refractivity contribution is 5.79. The molecule has 9 heteroatoms. The summed E-state index contributed by atoms with van der Waals surface area (Å²) in [6, 6.07) is 9.88. The molecule has 32 heavy (non-hydrogen) atoms. The second-order valence-corrected chi connectivity index (χ2v) is 7.72. The maximum Gasteiger partial charge on any atom is 0.249 e. The standard InChI is InChI=1S/C23H27N5O4/c1-14(2)21(23-27-22(28-32-23)17-6-5-11-24-13-17)26-20(30)12-19(25-15(3)29)16-7-9-18(31-4)10-8-16/h5-11,13-14,19,21H,12H2,1-4H3,(H,25,29)(H,26,30). The fraction of sp³-hybridized carbons (Fsp3) is 0.348. The van der Waals surface area contributed by atoms with Gasteiger partial charge in [0.25, 0.3) is 0 Å². The Hall–Kier alpha value is -3.75. The van der Waals surface area contributed by atoms with E-state index in [4.69, 9.17) is 9.26 Å². The topological polar surface area (TPSA) is 119 Å². The number of hydrogen-bond acceptors (Lipinski definition) is 7. The minimum Gasteiger partial charge on any atom is -0.497 e. The van der Waals surface area contributed by atoms with Crippen molar-refractivity contribution in [3.63, 3.8) is 0 Å². The molecule has 0 saturated heterocycles. The molecule has 0 aliphatic heterocycles. The number of amides is 2. The molecule has 0 bridgehead atoms. The summed E-state index contributed by atoms with van der Waals surface area (Å²) < 4.78 is 10.6. The number of rotatable bonds is 9. The summed E-state index contributed by atoms with van der Waals surface area (Å²) in [6.07, 6.45) is 3.36. The van der Waals surface area contributed by atoms with Crippen LogP contribution < -0.4 is 15.4 Å². The quantitative estimate of drug-likeness (QED) is 0.527. The zero-order valence-electron chi connectivity index (χ0n) is 18.5. The van der Waals surface area contributed by atoms with Crippen LogP contribution in [0.5, 0.6) is 5.75 Å². The van der Waals surface area contributed by atoms with Gasteiger partial charge in [0.2, 0.25) is 23.5 Å². The van der Waals surface area contributed by atoms with Crippen LogP contribution in [0.1, 0.15) is 50.7 Å². The Labute approximate surface area is 186 Å². The van der Waals surface area contributed by atoms with E-state index in [-0.39, 0.29) is 24.2 Å². The van der Waals surface area contributed by atoms with Gasteiger partial charge in [0.05, 0.1) is 19.6 Å².